The highest BCUT2D eigenvalue weighted by Crippen LogP contribution is 2.18. The third kappa shape index (κ3) is 7.16. The minimum absolute atomic E-state index is 0.0423. The van der Waals surface area contributed by atoms with Crippen molar-refractivity contribution in [2.75, 3.05) is 11.9 Å². The lowest BCUT2D eigenvalue weighted by Gasteiger charge is -2.12. The second kappa shape index (κ2) is 10.2. The number of nitro benzene ring substituents is 1. The van der Waals surface area contributed by atoms with Crippen LogP contribution in [0.4, 0.5) is 11.4 Å². The van der Waals surface area contributed by atoms with Gasteiger partial charge in [-0.1, -0.05) is 32.0 Å². The Bertz CT molecular complexity index is 897. The first-order valence-electron chi connectivity index (χ1n) is 8.61. The molecule has 2 N–H and O–H groups in total. The lowest BCUT2D eigenvalue weighted by molar-refractivity contribution is -0.384. The molecular formula is C20H21N3O4S. The van der Waals surface area contributed by atoms with E-state index in [9.17, 15) is 14.9 Å². The second-order valence-electron chi connectivity index (χ2n) is 6.36. The number of ether oxygens (including phenoxy) is 1. The van der Waals surface area contributed by atoms with E-state index in [2.05, 4.69) is 24.5 Å². The summed E-state index contributed by atoms with van der Waals surface area (Å²) in [6, 6.07) is 13.2. The zero-order valence-electron chi connectivity index (χ0n) is 15.5. The summed E-state index contributed by atoms with van der Waals surface area (Å²) in [4.78, 5) is 22.3. The fourth-order valence-corrected chi connectivity index (χ4v) is 2.37. The monoisotopic (exact) mass is 399 g/mol. The van der Waals surface area contributed by atoms with Crippen molar-refractivity contribution in [3.8, 4) is 5.75 Å². The number of nitro groups is 1. The van der Waals surface area contributed by atoms with Gasteiger partial charge in [0.25, 0.3) is 5.69 Å². The molecule has 0 atom stereocenters. The first-order chi connectivity index (χ1) is 13.3. The number of carbonyl (C=O) groups is 1. The Hall–Kier alpha value is -3.26. The summed E-state index contributed by atoms with van der Waals surface area (Å²) in [5.41, 5.74) is 1.19. The number of benzene rings is 2. The van der Waals surface area contributed by atoms with Gasteiger partial charge in [0.2, 0.25) is 5.91 Å². The molecule has 28 heavy (non-hydrogen) atoms. The Morgan fingerprint density at radius 3 is 2.71 bits per heavy atom. The average molecular weight is 399 g/mol. The Kier molecular flexibility index (Phi) is 7.65. The molecule has 2 aromatic rings. The highest BCUT2D eigenvalue weighted by molar-refractivity contribution is 7.80. The summed E-state index contributed by atoms with van der Waals surface area (Å²) in [5.74, 6) is 0.671. The molecule has 0 aliphatic carbocycles. The van der Waals surface area contributed by atoms with Crippen LogP contribution in [0.15, 0.2) is 54.6 Å². The minimum atomic E-state index is -0.491. The van der Waals surface area contributed by atoms with Gasteiger partial charge in [0, 0.05) is 30.0 Å². The third-order valence-electron chi connectivity index (χ3n) is 3.42. The van der Waals surface area contributed by atoms with Crippen LogP contribution in [0, 0.1) is 16.0 Å². The lowest BCUT2D eigenvalue weighted by atomic mass is 10.2. The number of carbonyl (C=O) groups excluding carboxylic acids is 1. The molecule has 0 aromatic heterocycles. The number of non-ortho nitro benzene ring substituents is 1. The van der Waals surface area contributed by atoms with Gasteiger partial charge in [0.1, 0.15) is 5.75 Å². The first-order valence-corrected chi connectivity index (χ1v) is 9.01. The summed E-state index contributed by atoms with van der Waals surface area (Å²) < 4.78 is 5.66. The van der Waals surface area contributed by atoms with Gasteiger partial charge in [0.15, 0.2) is 5.11 Å². The molecule has 0 saturated carbocycles. The molecule has 2 aromatic carbocycles. The molecule has 0 spiro atoms. The zero-order valence-corrected chi connectivity index (χ0v) is 16.4. The van der Waals surface area contributed by atoms with E-state index in [-0.39, 0.29) is 10.8 Å². The number of rotatable bonds is 7. The van der Waals surface area contributed by atoms with E-state index in [0.29, 0.717) is 29.5 Å². The molecule has 0 aliphatic rings. The average Bonchev–Trinajstić information content (AvgIpc) is 2.65. The normalized spacial score (nSPS) is 10.7. The summed E-state index contributed by atoms with van der Waals surface area (Å²) in [6.07, 6.45) is 2.74. The van der Waals surface area contributed by atoms with Crippen molar-refractivity contribution in [2.24, 2.45) is 5.92 Å². The second-order valence-corrected chi connectivity index (χ2v) is 6.77. The Labute approximate surface area is 168 Å². The summed E-state index contributed by atoms with van der Waals surface area (Å²) in [6.45, 7) is 4.73. The molecule has 8 heteroatoms. The van der Waals surface area contributed by atoms with E-state index in [0.717, 1.165) is 0 Å². The highest BCUT2D eigenvalue weighted by atomic mass is 32.1. The van der Waals surface area contributed by atoms with E-state index >= 15 is 0 Å². The molecule has 0 saturated heterocycles. The Morgan fingerprint density at radius 1 is 1.25 bits per heavy atom. The summed E-state index contributed by atoms with van der Waals surface area (Å²) in [7, 11) is 0. The SMILES string of the molecule is CC(C)COc1cccc(NC(=S)NC(=O)/C=C/c2cccc([N+](=O)[O-])c2)c1. The van der Waals surface area contributed by atoms with Crippen molar-refractivity contribution in [3.63, 3.8) is 0 Å². The van der Waals surface area contributed by atoms with Crippen LogP contribution in [-0.2, 0) is 4.79 Å². The fraction of sp³-hybridized carbons (Fsp3) is 0.200. The highest BCUT2D eigenvalue weighted by Gasteiger charge is 2.06. The van der Waals surface area contributed by atoms with Crippen LogP contribution in [0.5, 0.6) is 5.75 Å². The number of hydrogen-bond acceptors (Lipinski definition) is 5. The van der Waals surface area contributed by atoms with Gasteiger partial charge in [-0.25, -0.2) is 0 Å². The number of amides is 1. The minimum Gasteiger partial charge on any atom is -0.493 e. The van der Waals surface area contributed by atoms with E-state index in [1.807, 2.05) is 12.1 Å². The lowest BCUT2D eigenvalue weighted by Crippen LogP contribution is -2.32. The van der Waals surface area contributed by atoms with E-state index < -0.39 is 10.8 Å². The van der Waals surface area contributed by atoms with Crippen LogP contribution in [0.25, 0.3) is 6.08 Å². The van der Waals surface area contributed by atoms with Gasteiger partial charge in [-0.05, 0) is 41.9 Å². The van der Waals surface area contributed by atoms with Crippen molar-refractivity contribution in [3.05, 3.63) is 70.3 Å². The number of thiocarbonyl (C=S) groups is 1. The van der Waals surface area contributed by atoms with Gasteiger partial charge >= 0.3 is 0 Å². The van der Waals surface area contributed by atoms with Crippen molar-refractivity contribution in [1.82, 2.24) is 5.32 Å². The van der Waals surface area contributed by atoms with Crippen molar-refractivity contribution in [2.45, 2.75) is 13.8 Å². The predicted octanol–water partition coefficient (Wildman–Crippen LogP) is 4.16. The molecule has 0 radical (unpaired) electrons. The largest absolute Gasteiger partial charge is 0.493 e. The molecule has 2 rings (SSSR count). The maximum absolute atomic E-state index is 12.0. The maximum atomic E-state index is 12.0. The fourth-order valence-electron chi connectivity index (χ4n) is 2.16. The van der Waals surface area contributed by atoms with Gasteiger partial charge in [-0.2, -0.15) is 0 Å². The summed E-state index contributed by atoms with van der Waals surface area (Å²) in [5, 5.41) is 16.4. The quantitative estimate of drug-likeness (QED) is 0.314. The van der Waals surface area contributed by atoms with Crippen molar-refractivity contribution >= 4 is 40.7 Å². The van der Waals surface area contributed by atoms with Gasteiger partial charge in [0.05, 0.1) is 11.5 Å². The van der Waals surface area contributed by atoms with Gasteiger partial charge in [-0.15, -0.1) is 0 Å². The molecule has 0 fully saturated rings. The molecule has 0 aliphatic heterocycles. The molecule has 0 unspecified atom stereocenters. The molecule has 0 bridgehead atoms. The van der Waals surface area contributed by atoms with Crippen LogP contribution in [0.3, 0.4) is 0 Å². The first kappa shape index (κ1) is 21.0. The topological polar surface area (TPSA) is 93.5 Å². The van der Waals surface area contributed by atoms with E-state index in [1.54, 1.807) is 24.3 Å². The van der Waals surface area contributed by atoms with Crippen LogP contribution < -0.4 is 15.4 Å². The molecule has 146 valence electrons. The number of anilines is 1. The van der Waals surface area contributed by atoms with Crippen LogP contribution in [-0.4, -0.2) is 22.5 Å². The molecule has 7 nitrogen and oxygen atoms in total. The van der Waals surface area contributed by atoms with E-state index in [4.69, 9.17) is 17.0 Å². The number of nitrogens with one attached hydrogen (secondary N) is 2. The van der Waals surface area contributed by atoms with Crippen LogP contribution in [0.2, 0.25) is 0 Å². The van der Waals surface area contributed by atoms with Crippen molar-refractivity contribution < 1.29 is 14.5 Å². The molecule has 0 heterocycles. The predicted molar refractivity (Wildman–Crippen MR) is 113 cm³/mol. The molecule has 1 amide bonds. The Balaban J connectivity index is 1.90. The number of hydrogen-bond donors (Lipinski definition) is 2. The zero-order chi connectivity index (χ0) is 20.5. The number of nitrogens with zero attached hydrogens (tertiary/aromatic N) is 1. The van der Waals surface area contributed by atoms with Crippen molar-refractivity contribution in [1.29, 1.82) is 0 Å². The van der Waals surface area contributed by atoms with Crippen LogP contribution >= 0.6 is 12.2 Å². The molecular weight excluding hydrogens is 378 g/mol. The summed E-state index contributed by atoms with van der Waals surface area (Å²) >= 11 is 5.14. The van der Waals surface area contributed by atoms with Gasteiger partial charge < -0.3 is 10.1 Å². The van der Waals surface area contributed by atoms with Gasteiger partial charge in [-0.3, -0.25) is 20.2 Å². The smallest absolute Gasteiger partial charge is 0.270 e. The van der Waals surface area contributed by atoms with E-state index in [1.165, 1.54) is 24.3 Å². The maximum Gasteiger partial charge on any atom is 0.270 e. The Morgan fingerprint density at radius 2 is 2.00 bits per heavy atom. The third-order valence-corrected chi connectivity index (χ3v) is 3.62. The van der Waals surface area contributed by atoms with Crippen LogP contribution in [0.1, 0.15) is 19.4 Å². The standard InChI is InChI=1S/C20H21N3O4S/c1-14(2)13-27-18-8-4-6-16(12-18)21-20(28)22-19(24)10-9-15-5-3-7-17(11-15)23(25)26/h3-12,14H,13H2,1-2H3,(H2,21,22,24,28)/b10-9+.